The number of nitrogens with zero attached hydrogens (tertiary/aromatic N) is 3. The molecule has 1 saturated heterocycles. The van der Waals surface area contributed by atoms with E-state index in [-0.39, 0.29) is 12.6 Å². The summed E-state index contributed by atoms with van der Waals surface area (Å²) in [5, 5.41) is 20.7. The maximum atomic E-state index is 14.4. The molecule has 46 heavy (non-hydrogen) atoms. The van der Waals surface area contributed by atoms with Gasteiger partial charge in [0.15, 0.2) is 0 Å². The fourth-order valence-electron chi connectivity index (χ4n) is 8.28. The first-order valence-corrected chi connectivity index (χ1v) is 17.0. The molecule has 5 aliphatic rings. The molecule has 2 aromatic rings. The molecule has 0 bridgehead atoms. The van der Waals surface area contributed by atoms with Crippen molar-refractivity contribution < 1.29 is 38.5 Å². The third kappa shape index (κ3) is 5.13. The molecule has 2 aliphatic heterocycles. The molecule has 1 aromatic heterocycles. The Morgan fingerprint density at radius 1 is 1.20 bits per heavy atom. The van der Waals surface area contributed by atoms with Gasteiger partial charge in [0.25, 0.3) is 0 Å². The number of carbonyl (C=O) groups excluding carboxylic acids is 2. The van der Waals surface area contributed by atoms with Crippen molar-refractivity contribution in [1.82, 2.24) is 14.8 Å². The standard InChI is InChI=1S/C34H41N3O8S/c1-18-26-29(38)37(33(2,3)31(39)40)32(41)36(30(26)46-27(18)28-35-11-12-44-28)17-25(23-7-5-6-8-24(23)43-4)45-22-13-19-15-34(42,21-9-10-21)16-20(19)14-22/h5-8,11-12,19-22,25-26,30,42H,9-10,13-17H2,1-4H3,(H,39,40)/t19-,20+,22?,25?,26?,30?,34?. The zero-order chi connectivity index (χ0) is 32.5. The van der Waals surface area contributed by atoms with Crippen LogP contribution in [0, 0.1) is 23.7 Å². The molecule has 7 rings (SSSR count). The molecule has 1 aromatic carbocycles. The van der Waals surface area contributed by atoms with Crippen molar-refractivity contribution in [2.75, 3.05) is 13.7 Å². The molecule has 2 N–H and O–H groups in total. The second-order valence-electron chi connectivity index (χ2n) is 14.1. The Balaban J connectivity index is 1.22. The van der Waals surface area contributed by atoms with Crippen molar-refractivity contribution in [3.8, 4) is 5.75 Å². The zero-order valence-corrected chi connectivity index (χ0v) is 27.4. The van der Waals surface area contributed by atoms with Gasteiger partial charge in [-0.3, -0.25) is 4.79 Å². The summed E-state index contributed by atoms with van der Waals surface area (Å²) in [5.74, 6) is -0.474. The smallest absolute Gasteiger partial charge is 0.329 e. The molecule has 0 spiro atoms. The minimum Gasteiger partial charge on any atom is -0.496 e. The first-order valence-electron chi connectivity index (χ1n) is 16.1. The van der Waals surface area contributed by atoms with Crippen LogP contribution in [0.1, 0.15) is 76.9 Å². The van der Waals surface area contributed by atoms with Crippen molar-refractivity contribution in [2.24, 2.45) is 23.7 Å². The summed E-state index contributed by atoms with van der Waals surface area (Å²) in [6.07, 6.45) is 7.76. The summed E-state index contributed by atoms with van der Waals surface area (Å²) in [7, 11) is 1.59. The highest BCUT2D eigenvalue weighted by Crippen LogP contribution is 2.58. The van der Waals surface area contributed by atoms with Crippen LogP contribution in [0.5, 0.6) is 5.75 Å². The lowest BCUT2D eigenvalue weighted by molar-refractivity contribution is -0.157. The van der Waals surface area contributed by atoms with Crippen molar-refractivity contribution in [2.45, 2.75) is 88.0 Å². The van der Waals surface area contributed by atoms with Gasteiger partial charge in [-0.15, -0.1) is 0 Å². The second-order valence-corrected chi connectivity index (χ2v) is 15.2. The number of hydrogen-bond acceptors (Lipinski definition) is 9. The fourth-order valence-corrected chi connectivity index (χ4v) is 9.79. The minimum absolute atomic E-state index is 0.0663. The Labute approximate surface area is 272 Å². The molecule has 3 heterocycles. The van der Waals surface area contributed by atoms with Crippen LogP contribution in [0.3, 0.4) is 0 Å². The van der Waals surface area contributed by atoms with E-state index in [1.807, 2.05) is 31.2 Å². The lowest BCUT2D eigenvalue weighted by Gasteiger charge is -2.47. The van der Waals surface area contributed by atoms with Crippen LogP contribution in [0.4, 0.5) is 4.79 Å². The Hall–Kier alpha value is -3.35. The average molecular weight is 652 g/mol. The van der Waals surface area contributed by atoms with Gasteiger partial charge in [-0.05, 0) is 88.7 Å². The third-order valence-corrected chi connectivity index (χ3v) is 12.4. The van der Waals surface area contributed by atoms with E-state index in [1.54, 1.807) is 12.0 Å². The van der Waals surface area contributed by atoms with Gasteiger partial charge in [-0.25, -0.2) is 19.5 Å². The number of carbonyl (C=O) groups is 3. The molecule has 11 nitrogen and oxygen atoms in total. The number of para-hydroxylation sites is 1. The number of methoxy groups -OCH3 is 1. The third-order valence-electron chi connectivity index (χ3n) is 10.9. The van der Waals surface area contributed by atoms with E-state index in [4.69, 9.17) is 13.9 Å². The SMILES string of the molecule is COc1ccccc1C(CN1C(=O)N(C(C)(C)C(=O)O)C(=O)C2C(C)=C(c3ncco3)SC21)OC1C[C@@H]2CC(O)(C3CC3)C[C@@H]2C1. The van der Waals surface area contributed by atoms with Crippen molar-refractivity contribution in [1.29, 1.82) is 0 Å². The summed E-state index contributed by atoms with van der Waals surface area (Å²) in [6, 6.07) is 6.86. The molecular formula is C34H41N3O8S. The topological polar surface area (TPSA) is 143 Å². The summed E-state index contributed by atoms with van der Waals surface area (Å²) in [6.45, 7) is 4.61. The number of imide groups is 1. The van der Waals surface area contributed by atoms with Gasteiger partial charge in [-0.2, -0.15) is 0 Å². The van der Waals surface area contributed by atoms with Gasteiger partial charge < -0.3 is 29.0 Å². The quantitative estimate of drug-likeness (QED) is 0.347. The molecule has 12 heteroatoms. The van der Waals surface area contributed by atoms with Crippen LogP contribution < -0.4 is 4.74 Å². The first-order chi connectivity index (χ1) is 21.9. The van der Waals surface area contributed by atoms with E-state index in [9.17, 15) is 24.6 Å². The number of rotatable bonds is 10. The van der Waals surface area contributed by atoms with Crippen molar-refractivity contribution in [3.05, 3.63) is 53.8 Å². The number of hydrogen-bond donors (Lipinski definition) is 2. The number of benzene rings is 1. The predicted molar refractivity (Wildman–Crippen MR) is 168 cm³/mol. The maximum absolute atomic E-state index is 14.4. The number of carboxylic acids is 1. The van der Waals surface area contributed by atoms with Gasteiger partial charge in [0.2, 0.25) is 11.8 Å². The maximum Gasteiger partial charge on any atom is 0.329 e. The number of aliphatic carboxylic acids is 1. The molecule has 0 radical (unpaired) electrons. The highest BCUT2D eigenvalue weighted by atomic mass is 32.2. The Morgan fingerprint density at radius 2 is 1.89 bits per heavy atom. The first kappa shape index (κ1) is 31.3. The van der Waals surface area contributed by atoms with Crippen LogP contribution >= 0.6 is 11.8 Å². The summed E-state index contributed by atoms with van der Waals surface area (Å²) >= 11 is 1.33. The number of ether oxygens (including phenoxy) is 2. The lowest BCUT2D eigenvalue weighted by atomic mass is 9.91. The van der Waals surface area contributed by atoms with Crippen LogP contribution in [0.25, 0.3) is 4.91 Å². The van der Waals surface area contributed by atoms with E-state index >= 15 is 0 Å². The second kappa shape index (κ2) is 11.4. The molecule has 3 amide bonds. The average Bonchev–Trinajstić information content (AvgIpc) is 3.29. The molecule has 3 saturated carbocycles. The van der Waals surface area contributed by atoms with E-state index in [1.165, 1.54) is 38.1 Å². The molecule has 5 unspecified atom stereocenters. The van der Waals surface area contributed by atoms with Gasteiger partial charge in [0.1, 0.15) is 23.7 Å². The lowest BCUT2D eigenvalue weighted by Crippen LogP contribution is -2.67. The van der Waals surface area contributed by atoms with Gasteiger partial charge in [0.05, 0.1) is 47.8 Å². The summed E-state index contributed by atoms with van der Waals surface area (Å²) in [5.41, 5.74) is -0.902. The van der Waals surface area contributed by atoms with Gasteiger partial charge in [-0.1, -0.05) is 30.0 Å². The highest BCUT2D eigenvalue weighted by Gasteiger charge is 2.58. The number of urea groups is 1. The number of thioether (sulfide) groups is 1. The van der Waals surface area contributed by atoms with Gasteiger partial charge in [0, 0.05) is 5.56 Å². The monoisotopic (exact) mass is 651 g/mol. The summed E-state index contributed by atoms with van der Waals surface area (Å²) < 4.78 is 18.2. The van der Waals surface area contributed by atoms with Crippen LogP contribution in [-0.4, -0.2) is 79.2 Å². The van der Waals surface area contributed by atoms with Crippen molar-refractivity contribution in [3.63, 3.8) is 0 Å². The Kier molecular flexibility index (Phi) is 7.76. The zero-order valence-electron chi connectivity index (χ0n) is 26.5. The fraction of sp³-hybridized carbons (Fsp3) is 0.588. The van der Waals surface area contributed by atoms with E-state index < -0.39 is 46.4 Å². The summed E-state index contributed by atoms with van der Waals surface area (Å²) in [4.78, 5) is 48.2. The van der Waals surface area contributed by atoms with Crippen molar-refractivity contribution >= 4 is 34.6 Å². The largest absolute Gasteiger partial charge is 0.496 e. The van der Waals surface area contributed by atoms with E-state index in [2.05, 4.69) is 4.98 Å². The molecule has 7 atom stereocenters. The number of fused-ring (bicyclic) bond motifs is 2. The number of amides is 3. The minimum atomic E-state index is -1.80. The number of aromatic nitrogens is 1. The Morgan fingerprint density at radius 3 is 2.50 bits per heavy atom. The Bertz CT molecular complexity index is 1560. The van der Waals surface area contributed by atoms with Crippen LogP contribution in [0.2, 0.25) is 0 Å². The van der Waals surface area contributed by atoms with Crippen LogP contribution in [0.15, 0.2) is 46.7 Å². The molecule has 4 fully saturated rings. The number of carboxylic acid groups (broad SMARTS) is 1. The normalized spacial score (nSPS) is 31.8. The predicted octanol–water partition coefficient (Wildman–Crippen LogP) is 5.32. The van der Waals surface area contributed by atoms with Gasteiger partial charge >= 0.3 is 12.0 Å². The highest BCUT2D eigenvalue weighted by molar-refractivity contribution is 8.09. The van der Waals surface area contributed by atoms with E-state index in [0.717, 1.165) is 49.0 Å². The number of oxazole rings is 1. The number of aliphatic hydroxyl groups is 1. The molecule has 246 valence electrons. The molecule has 3 aliphatic carbocycles. The van der Waals surface area contributed by atoms with Crippen LogP contribution in [-0.2, 0) is 14.3 Å². The molecular weight excluding hydrogens is 610 g/mol. The van der Waals surface area contributed by atoms with E-state index in [0.29, 0.717) is 39.9 Å².